The van der Waals surface area contributed by atoms with Gasteiger partial charge in [0, 0.05) is 10.9 Å². The quantitative estimate of drug-likeness (QED) is 0.913. The van der Waals surface area contributed by atoms with Crippen molar-refractivity contribution in [1.82, 2.24) is 4.98 Å². The Balaban J connectivity index is 2.36. The Kier molecular flexibility index (Phi) is 3.77. The molecule has 1 N–H and O–H groups in total. The summed E-state index contributed by atoms with van der Waals surface area (Å²) in [5.74, 6) is -1.31. The standard InChI is InChI=1S/C14H15NO2S/c1-3-10(14(16)17)12-8-18-13(15-12)11-7-5-4-6-9(11)2/h4-8,10H,3H2,1-2H3,(H,16,17). The number of carboxylic acids is 1. The van der Waals surface area contributed by atoms with Gasteiger partial charge in [0.15, 0.2) is 0 Å². The summed E-state index contributed by atoms with van der Waals surface area (Å²) < 4.78 is 0. The molecule has 1 heterocycles. The van der Waals surface area contributed by atoms with Crippen LogP contribution in [-0.2, 0) is 4.79 Å². The third-order valence-electron chi connectivity index (χ3n) is 2.96. The summed E-state index contributed by atoms with van der Waals surface area (Å²) in [4.78, 5) is 15.6. The lowest BCUT2D eigenvalue weighted by atomic mass is 10.0. The molecule has 3 nitrogen and oxygen atoms in total. The Morgan fingerprint density at radius 2 is 2.17 bits per heavy atom. The molecule has 1 atom stereocenters. The van der Waals surface area contributed by atoms with Gasteiger partial charge in [0.25, 0.3) is 0 Å². The van der Waals surface area contributed by atoms with Crippen molar-refractivity contribution in [2.45, 2.75) is 26.2 Å². The molecule has 1 aromatic carbocycles. The van der Waals surface area contributed by atoms with Crippen molar-refractivity contribution in [3.05, 3.63) is 40.9 Å². The van der Waals surface area contributed by atoms with Crippen molar-refractivity contribution in [2.24, 2.45) is 0 Å². The van der Waals surface area contributed by atoms with E-state index < -0.39 is 11.9 Å². The summed E-state index contributed by atoms with van der Waals surface area (Å²) in [5, 5.41) is 11.9. The van der Waals surface area contributed by atoms with Crippen molar-refractivity contribution < 1.29 is 9.90 Å². The molecule has 0 saturated carbocycles. The number of aryl methyl sites for hydroxylation is 1. The maximum Gasteiger partial charge on any atom is 0.312 e. The van der Waals surface area contributed by atoms with Gasteiger partial charge < -0.3 is 5.11 Å². The molecule has 1 aromatic heterocycles. The fourth-order valence-corrected chi connectivity index (χ4v) is 2.86. The fraction of sp³-hybridized carbons (Fsp3) is 0.286. The SMILES string of the molecule is CCC(C(=O)O)c1csc(-c2ccccc2C)n1. The maximum atomic E-state index is 11.1. The second kappa shape index (κ2) is 5.31. The first-order valence-electron chi connectivity index (χ1n) is 5.87. The molecule has 0 aliphatic heterocycles. The van der Waals surface area contributed by atoms with Crippen molar-refractivity contribution in [3.8, 4) is 10.6 Å². The number of thiazole rings is 1. The highest BCUT2D eigenvalue weighted by atomic mass is 32.1. The van der Waals surface area contributed by atoms with E-state index in [-0.39, 0.29) is 0 Å². The molecular formula is C14H15NO2S. The first-order valence-corrected chi connectivity index (χ1v) is 6.75. The van der Waals surface area contributed by atoms with Gasteiger partial charge in [-0.3, -0.25) is 4.79 Å². The number of carbonyl (C=O) groups is 1. The highest BCUT2D eigenvalue weighted by molar-refractivity contribution is 7.13. The van der Waals surface area contributed by atoms with Crippen LogP contribution in [0.15, 0.2) is 29.6 Å². The Morgan fingerprint density at radius 3 is 2.78 bits per heavy atom. The smallest absolute Gasteiger partial charge is 0.312 e. The largest absolute Gasteiger partial charge is 0.481 e. The zero-order valence-electron chi connectivity index (χ0n) is 10.4. The number of aliphatic carboxylic acids is 1. The molecule has 94 valence electrons. The van der Waals surface area contributed by atoms with Crippen LogP contribution in [0.25, 0.3) is 10.6 Å². The molecule has 0 aliphatic rings. The van der Waals surface area contributed by atoms with Gasteiger partial charge in [0.2, 0.25) is 0 Å². The van der Waals surface area contributed by atoms with E-state index in [0.29, 0.717) is 12.1 Å². The molecule has 0 fully saturated rings. The minimum atomic E-state index is -0.806. The lowest BCUT2D eigenvalue weighted by Gasteiger charge is -2.05. The van der Waals surface area contributed by atoms with E-state index in [1.54, 1.807) is 0 Å². The van der Waals surface area contributed by atoms with E-state index in [1.807, 2.05) is 43.5 Å². The van der Waals surface area contributed by atoms with Crippen molar-refractivity contribution in [1.29, 1.82) is 0 Å². The topological polar surface area (TPSA) is 50.2 Å². The lowest BCUT2D eigenvalue weighted by molar-refractivity contribution is -0.138. The van der Waals surface area contributed by atoms with Gasteiger partial charge in [-0.1, -0.05) is 31.2 Å². The zero-order chi connectivity index (χ0) is 13.1. The van der Waals surface area contributed by atoms with Crippen LogP contribution in [0, 0.1) is 6.92 Å². The first-order chi connectivity index (χ1) is 8.63. The molecule has 1 unspecified atom stereocenters. The van der Waals surface area contributed by atoms with Crippen molar-refractivity contribution in [3.63, 3.8) is 0 Å². The van der Waals surface area contributed by atoms with Crippen LogP contribution >= 0.6 is 11.3 Å². The second-order valence-electron chi connectivity index (χ2n) is 4.19. The zero-order valence-corrected chi connectivity index (χ0v) is 11.2. The lowest BCUT2D eigenvalue weighted by Crippen LogP contribution is -2.10. The van der Waals surface area contributed by atoms with Crippen LogP contribution in [0.4, 0.5) is 0 Å². The molecule has 0 bridgehead atoms. The van der Waals surface area contributed by atoms with E-state index in [2.05, 4.69) is 4.98 Å². The van der Waals surface area contributed by atoms with Gasteiger partial charge in [0.05, 0.1) is 11.6 Å². The van der Waals surface area contributed by atoms with E-state index in [4.69, 9.17) is 5.11 Å². The van der Waals surface area contributed by atoms with Gasteiger partial charge in [-0.2, -0.15) is 0 Å². The Morgan fingerprint density at radius 1 is 1.44 bits per heavy atom. The van der Waals surface area contributed by atoms with E-state index in [1.165, 1.54) is 11.3 Å². The number of hydrogen-bond donors (Lipinski definition) is 1. The van der Waals surface area contributed by atoms with E-state index >= 15 is 0 Å². The predicted octanol–water partition coefficient (Wildman–Crippen LogP) is 3.70. The number of hydrogen-bond acceptors (Lipinski definition) is 3. The van der Waals surface area contributed by atoms with Crippen LogP contribution in [0.5, 0.6) is 0 Å². The Hall–Kier alpha value is -1.68. The summed E-state index contributed by atoms with van der Waals surface area (Å²) in [6.45, 7) is 3.90. The fourth-order valence-electron chi connectivity index (χ4n) is 1.89. The van der Waals surface area contributed by atoms with Gasteiger partial charge in [0.1, 0.15) is 5.01 Å². The molecule has 0 aliphatic carbocycles. The maximum absolute atomic E-state index is 11.1. The molecule has 0 spiro atoms. The molecule has 18 heavy (non-hydrogen) atoms. The third kappa shape index (κ3) is 2.43. The monoisotopic (exact) mass is 261 g/mol. The van der Waals surface area contributed by atoms with E-state index in [9.17, 15) is 4.79 Å². The molecule has 0 saturated heterocycles. The van der Waals surface area contributed by atoms with Gasteiger partial charge in [-0.15, -0.1) is 11.3 Å². The average Bonchev–Trinajstić information content (AvgIpc) is 2.79. The molecule has 0 radical (unpaired) electrons. The van der Waals surface area contributed by atoms with Gasteiger partial charge in [-0.05, 0) is 18.9 Å². The van der Waals surface area contributed by atoms with Crippen LogP contribution in [0.2, 0.25) is 0 Å². The van der Waals surface area contributed by atoms with Gasteiger partial charge in [-0.25, -0.2) is 4.98 Å². The third-order valence-corrected chi connectivity index (χ3v) is 3.85. The van der Waals surface area contributed by atoms with E-state index in [0.717, 1.165) is 16.1 Å². The highest BCUT2D eigenvalue weighted by Crippen LogP contribution is 2.30. The van der Waals surface area contributed by atoms with Crippen LogP contribution in [0.3, 0.4) is 0 Å². The normalized spacial score (nSPS) is 12.3. The number of rotatable bonds is 4. The second-order valence-corrected chi connectivity index (χ2v) is 5.05. The van der Waals surface area contributed by atoms with Crippen molar-refractivity contribution >= 4 is 17.3 Å². The summed E-state index contributed by atoms with van der Waals surface area (Å²) >= 11 is 1.50. The molecule has 2 rings (SSSR count). The minimum Gasteiger partial charge on any atom is -0.481 e. The summed E-state index contributed by atoms with van der Waals surface area (Å²) in [6.07, 6.45) is 0.562. The minimum absolute atomic E-state index is 0.501. The Bertz CT molecular complexity index is 562. The predicted molar refractivity (Wildman–Crippen MR) is 73.0 cm³/mol. The number of carboxylic acid groups (broad SMARTS) is 1. The highest BCUT2D eigenvalue weighted by Gasteiger charge is 2.21. The van der Waals surface area contributed by atoms with Crippen LogP contribution < -0.4 is 0 Å². The van der Waals surface area contributed by atoms with Crippen LogP contribution in [0.1, 0.15) is 30.5 Å². The molecular weight excluding hydrogens is 246 g/mol. The molecule has 2 aromatic rings. The number of benzene rings is 1. The summed E-state index contributed by atoms with van der Waals surface area (Å²) in [7, 11) is 0. The van der Waals surface area contributed by atoms with Crippen molar-refractivity contribution in [2.75, 3.05) is 0 Å². The first kappa shape index (κ1) is 12.8. The number of nitrogens with zero attached hydrogens (tertiary/aromatic N) is 1. The number of aromatic nitrogens is 1. The van der Waals surface area contributed by atoms with Crippen LogP contribution in [-0.4, -0.2) is 16.1 Å². The Labute approximate surface area is 110 Å². The van der Waals surface area contributed by atoms with Gasteiger partial charge >= 0.3 is 5.97 Å². The molecule has 0 amide bonds. The summed E-state index contributed by atoms with van der Waals surface area (Å²) in [6, 6.07) is 8.00. The summed E-state index contributed by atoms with van der Waals surface area (Å²) in [5.41, 5.74) is 2.89. The molecule has 4 heteroatoms. The average molecular weight is 261 g/mol.